The number of carbonyl (C=O) groups is 2. The van der Waals surface area contributed by atoms with Gasteiger partial charge in [-0.3, -0.25) is 9.59 Å². The molecule has 4 nitrogen and oxygen atoms in total. The van der Waals surface area contributed by atoms with Crippen molar-refractivity contribution in [2.24, 2.45) is 5.92 Å². The fourth-order valence-electron chi connectivity index (χ4n) is 3.03. The highest BCUT2D eigenvalue weighted by molar-refractivity contribution is 5.87. The van der Waals surface area contributed by atoms with Crippen LogP contribution < -0.4 is 0 Å². The lowest BCUT2D eigenvalue weighted by Gasteiger charge is -2.31. The van der Waals surface area contributed by atoms with Gasteiger partial charge in [-0.2, -0.15) is 0 Å². The van der Waals surface area contributed by atoms with E-state index in [2.05, 4.69) is 0 Å². The summed E-state index contributed by atoms with van der Waals surface area (Å²) in [6, 6.07) is 5.64. The summed E-state index contributed by atoms with van der Waals surface area (Å²) < 4.78 is 0. The molecule has 2 unspecified atom stereocenters. The number of hydrogen-bond acceptors (Lipinski definition) is 2. The molecule has 0 spiro atoms. The Balaban J connectivity index is 2.54. The third-order valence-electron chi connectivity index (χ3n) is 3.99. The summed E-state index contributed by atoms with van der Waals surface area (Å²) in [5.41, 5.74) is 3.07. The van der Waals surface area contributed by atoms with Crippen molar-refractivity contribution < 1.29 is 14.7 Å². The summed E-state index contributed by atoms with van der Waals surface area (Å²) in [7, 11) is 0. The molecule has 1 heterocycles. The van der Waals surface area contributed by atoms with Crippen LogP contribution in [0.25, 0.3) is 0 Å². The number of aryl methyl sites for hydroxylation is 2. The van der Waals surface area contributed by atoms with Crippen molar-refractivity contribution in [3.63, 3.8) is 0 Å². The minimum atomic E-state index is -0.896. The zero-order valence-corrected chi connectivity index (χ0v) is 12.4. The van der Waals surface area contributed by atoms with E-state index in [0.29, 0.717) is 0 Å². The predicted octanol–water partition coefficient (Wildman–Crippen LogP) is 2.69. The van der Waals surface area contributed by atoms with Crippen molar-refractivity contribution >= 4 is 11.9 Å². The van der Waals surface area contributed by atoms with Gasteiger partial charge in [-0.15, -0.1) is 0 Å². The number of carboxylic acids is 1. The monoisotopic (exact) mass is 275 g/mol. The summed E-state index contributed by atoms with van der Waals surface area (Å²) in [5.74, 6) is -1.63. The normalized spacial score (nSPS) is 22.6. The second-order valence-corrected chi connectivity index (χ2v) is 5.85. The molecule has 1 aromatic rings. The molecular formula is C16H21NO3. The van der Waals surface area contributed by atoms with Crippen LogP contribution in [0.1, 0.15) is 43.0 Å². The standard InChI is InChI=1S/C16H21NO3/c1-9(2)17-14(18)8-13(16(19)20)15(17)12-7-10(3)5-6-11(12)4/h5-7,9,13,15H,8H2,1-4H3,(H,19,20). The Morgan fingerprint density at radius 3 is 2.55 bits per heavy atom. The van der Waals surface area contributed by atoms with Crippen LogP contribution in [0.15, 0.2) is 18.2 Å². The highest BCUT2D eigenvalue weighted by Crippen LogP contribution is 2.41. The van der Waals surface area contributed by atoms with Gasteiger partial charge in [0.2, 0.25) is 5.91 Å². The van der Waals surface area contributed by atoms with Gasteiger partial charge >= 0.3 is 5.97 Å². The van der Waals surface area contributed by atoms with Crippen LogP contribution in [0, 0.1) is 19.8 Å². The minimum absolute atomic E-state index is 0.00300. The lowest BCUT2D eigenvalue weighted by Crippen LogP contribution is -2.36. The molecule has 108 valence electrons. The van der Waals surface area contributed by atoms with Crippen LogP contribution in [0.4, 0.5) is 0 Å². The van der Waals surface area contributed by atoms with Gasteiger partial charge in [-0.05, 0) is 38.8 Å². The van der Waals surface area contributed by atoms with E-state index in [1.807, 2.05) is 45.9 Å². The molecule has 4 heteroatoms. The molecule has 0 saturated carbocycles. The van der Waals surface area contributed by atoms with Crippen molar-refractivity contribution in [1.29, 1.82) is 0 Å². The van der Waals surface area contributed by atoms with Gasteiger partial charge in [-0.1, -0.05) is 23.8 Å². The first kappa shape index (κ1) is 14.6. The molecule has 1 aliphatic rings. The van der Waals surface area contributed by atoms with Gasteiger partial charge in [0.1, 0.15) is 0 Å². The molecule has 20 heavy (non-hydrogen) atoms. The Labute approximate surface area is 119 Å². The molecule has 0 aliphatic carbocycles. The van der Waals surface area contributed by atoms with Gasteiger partial charge in [-0.25, -0.2) is 0 Å². The molecule has 1 aromatic carbocycles. The van der Waals surface area contributed by atoms with E-state index < -0.39 is 11.9 Å². The second-order valence-electron chi connectivity index (χ2n) is 5.85. The molecule has 1 fully saturated rings. The van der Waals surface area contributed by atoms with Crippen molar-refractivity contribution in [3.05, 3.63) is 34.9 Å². The predicted molar refractivity (Wildman–Crippen MR) is 76.4 cm³/mol. The van der Waals surface area contributed by atoms with Crippen molar-refractivity contribution in [2.45, 2.75) is 46.2 Å². The number of rotatable bonds is 3. The number of benzene rings is 1. The lowest BCUT2D eigenvalue weighted by atomic mass is 9.89. The van der Waals surface area contributed by atoms with Crippen LogP contribution in [-0.2, 0) is 9.59 Å². The van der Waals surface area contributed by atoms with Crippen molar-refractivity contribution in [3.8, 4) is 0 Å². The highest BCUT2D eigenvalue weighted by Gasteiger charge is 2.46. The molecule has 0 radical (unpaired) electrons. The van der Waals surface area contributed by atoms with Crippen LogP contribution >= 0.6 is 0 Å². The Bertz CT molecular complexity index is 551. The number of likely N-dealkylation sites (tertiary alicyclic amines) is 1. The maximum atomic E-state index is 12.2. The molecule has 1 N–H and O–H groups in total. The van der Waals surface area contributed by atoms with Gasteiger partial charge in [0.05, 0.1) is 12.0 Å². The molecule has 0 aromatic heterocycles. The number of nitrogens with zero attached hydrogens (tertiary/aromatic N) is 1. The topological polar surface area (TPSA) is 57.6 Å². The Hall–Kier alpha value is -1.84. The molecule has 1 aliphatic heterocycles. The smallest absolute Gasteiger partial charge is 0.309 e. The molecule has 1 amide bonds. The summed E-state index contributed by atoms with van der Waals surface area (Å²) in [6.07, 6.45) is 0.0889. The van der Waals surface area contributed by atoms with E-state index in [0.717, 1.165) is 16.7 Å². The van der Waals surface area contributed by atoms with E-state index in [4.69, 9.17) is 0 Å². The quantitative estimate of drug-likeness (QED) is 0.922. The second kappa shape index (κ2) is 5.27. The molecule has 2 atom stereocenters. The number of aliphatic carboxylic acids is 1. The number of carbonyl (C=O) groups excluding carboxylic acids is 1. The minimum Gasteiger partial charge on any atom is -0.481 e. The third-order valence-corrected chi connectivity index (χ3v) is 3.99. The van der Waals surface area contributed by atoms with E-state index in [1.165, 1.54) is 0 Å². The zero-order chi connectivity index (χ0) is 15.0. The first-order valence-electron chi connectivity index (χ1n) is 6.94. The fraction of sp³-hybridized carbons (Fsp3) is 0.500. The van der Waals surface area contributed by atoms with Crippen molar-refractivity contribution in [1.82, 2.24) is 4.90 Å². The largest absolute Gasteiger partial charge is 0.481 e. The lowest BCUT2D eigenvalue weighted by molar-refractivity contribution is -0.142. The maximum Gasteiger partial charge on any atom is 0.309 e. The summed E-state index contributed by atoms with van der Waals surface area (Å²) in [4.78, 5) is 25.4. The molecule has 1 saturated heterocycles. The summed E-state index contributed by atoms with van der Waals surface area (Å²) in [5, 5.41) is 9.44. The SMILES string of the molecule is Cc1ccc(C)c(C2C(C(=O)O)CC(=O)N2C(C)C)c1. The van der Waals surface area contributed by atoms with Gasteiger partial charge in [0.15, 0.2) is 0 Å². The highest BCUT2D eigenvalue weighted by atomic mass is 16.4. The van der Waals surface area contributed by atoms with Gasteiger partial charge in [0.25, 0.3) is 0 Å². The first-order chi connectivity index (χ1) is 9.32. The van der Waals surface area contributed by atoms with Gasteiger partial charge in [0, 0.05) is 12.5 Å². The van der Waals surface area contributed by atoms with Crippen molar-refractivity contribution in [2.75, 3.05) is 0 Å². The number of amides is 1. The van der Waals surface area contributed by atoms with Crippen LogP contribution in [0.2, 0.25) is 0 Å². The van der Waals surface area contributed by atoms with E-state index in [9.17, 15) is 14.7 Å². The summed E-state index contributed by atoms with van der Waals surface area (Å²) >= 11 is 0. The molecule has 0 bridgehead atoms. The average molecular weight is 275 g/mol. The van der Waals surface area contributed by atoms with Crippen LogP contribution in [0.3, 0.4) is 0 Å². The van der Waals surface area contributed by atoms with Crippen LogP contribution in [0.5, 0.6) is 0 Å². The first-order valence-corrected chi connectivity index (χ1v) is 6.94. The Morgan fingerprint density at radius 1 is 1.35 bits per heavy atom. The molecular weight excluding hydrogens is 254 g/mol. The zero-order valence-electron chi connectivity index (χ0n) is 12.4. The third kappa shape index (κ3) is 2.42. The Morgan fingerprint density at radius 2 is 2.00 bits per heavy atom. The van der Waals surface area contributed by atoms with Gasteiger partial charge < -0.3 is 10.0 Å². The fourth-order valence-corrected chi connectivity index (χ4v) is 3.03. The van der Waals surface area contributed by atoms with E-state index in [1.54, 1.807) is 4.90 Å². The van der Waals surface area contributed by atoms with E-state index >= 15 is 0 Å². The number of carboxylic acid groups (broad SMARTS) is 1. The van der Waals surface area contributed by atoms with Crippen LogP contribution in [-0.4, -0.2) is 27.9 Å². The summed E-state index contributed by atoms with van der Waals surface area (Å²) in [6.45, 7) is 7.81. The Kier molecular flexibility index (Phi) is 3.84. The average Bonchev–Trinajstić information content (AvgIpc) is 2.70. The molecule has 2 rings (SSSR count). The van der Waals surface area contributed by atoms with E-state index in [-0.39, 0.29) is 24.4 Å². The maximum absolute atomic E-state index is 12.2. The number of hydrogen-bond donors (Lipinski definition) is 1.